The molecule has 8 nitrogen and oxygen atoms in total. The molecule has 0 atom stereocenters. The molecule has 0 aromatic heterocycles. The van der Waals surface area contributed by atoms with Crippen LogP contribution in [0.5, 0.6) is 5.75 Å². The number of aliphatic hydroxyl groups is 1. The summed E-state index contributed by atoms with van der Waals surface area (Å²) in [6.45, 7) is 5.81. The van der Waals surface area contributed by atoms with Crippen LogP contribution in [0.15, 0.2) is 23.2 Å². The predicted octanol–water partition coefficient (Wildman–Crippen LogP) is 0.922. The number of amides is 1. The summed E-state index contributed by atoms with van der Waals surface area (Å²) < 4.78 is 13.6. The number of nitrogens with zero attached hydrogens (tertiary/aromatic N) is 4. The molecule has 2 fully saturated rings. The standard InChI is InChI=1S/C20H30FN5O3/c21-16-4-5-18(28)17(15-16)23-20(26-11-9-24(10-12-26)13-14-27)22-6-2-8-25-7-1-3-19(25)29/h4-5,15,27-28H,1-3,6-14H2,(H,22,23). The largest absolute Gasteiger partial charge is 0.506 e. The van der Waals surface area contributed by atoms with Crippen LogP contribution in [-0.4, -0.2) is 95.7 Å². The van der Waals surface area contributed by atoms with Gasteiger partial charge in [-0.2, -0.15) is 0 Å². The van der Waals surface area contributed by atoms with E-state index < -0.39 is 5.82 Å². The molecule has 3 N–H and O–H groups in total. The Morgan fingerprint density at radius 3 is 2.66 bits per heavy atom. The average molecular weight is 407 g/mol. The number of phenolic OH excluding ortho intramolecular Hbond substituents is 1. The van der Waals surface area contributed by atoms with E-state index in [9.17, 15) is 14.3 Å². The van der Waals surface area contributed by atoms with Crippen molar-refractivity contribution in [3.05, 3.63) is 24.0 Å². The van der Waals surface area contributed by atoms with Gasteiger partial charge < -0.3 is 25.3 Å². The number of β-amino-alcohol motifs (C(OH)–C–C–N with tert-alkyl or cyclic N) is 1. The van der Waals surface area contributed by atoms with Crippen LogP contribution < -0.4 is 5.32 Å². The van der Waals surface area contributed by atoms with Gasteiger partial charge in [0.15, 0.2) is 5.96 Å². The molecule has 0 bridgehead atoms. The molecule has 29 heavy (non-hydrogen) atoms. The normalized spacial score (nSPS) is 18.6. The summed E-state index contributed by atoms with van der Waals surface area (Å²) in [6, 6.07) is 3.77. The highest BCUT2D eigenvalue weighted by atomic mass is 19.1. The van der Waals surface area contributed by atoms with Crippen molar-refractivity contribution in [1.82, 2.24) is 14.7 Å². The number of carbonyl (C=O) groups excluding carboxylic acids is 1. The quantitative estimate of drug-likeness (QED) is 0.270. The van der Waals surface area contributed by atoms with Gasteiger partial charge in [-0.3, -0.25) is 14.7 Å². The Balaban J connectivity index is 1.64. The number of aliphatic imine (C=N–C) groups is 1. The zero-order chi connectivity index (χ0) is 20.6. The van der Waals surface area contributed by atoms with Crippen LogP contribution in [0.3, 0.4) is 0 Å². The third kappa shape index (κ3) is 6.04. The fraction of sp³-hybridized carbons (Fsp3) is 0.600. The minimum atomic E-state index is -0.440. The van der Waals surface area contributed by atoms with Crippen molar-refractivity contribution in [3.8, 4) is 5.75 Å². The molecule has 1 amide bonds. The van der Waals surface area contributed by atoms with E-state index in [0.717, 1.165) is 32.5 Å². The van der Waals surface area contributed by atoms with Gasteiger partial charge in [-0.05, 0) is 25.0 Å². The minimum absolute atomic E-state index is 0.0410. The summed E-state index contributed by atoms with van der Waals surface area (Å²) in [7, 11) is 0. The number of hydrogen-bond donors (Lipinski definition) is 3. The number of carbonyl (C=O) groups is 1. The molecule has 2 aliphatic rings. The van der Waals surface area contributed by atoms with Crippen molar-refractivity contribution in [2.24, 2.45) is 4.99 Å². The molecule has 2 heterocycles. The van der Waals surface area contributed by atoms with Crippen molar-refractivity contribution >= 4 is 17.6 Å². The number of rotatable bonds is 7. The number of aliphatic hydroxyl groups excluding tert-OH is 1. The molecule has 0 aliphatic carbocycles. The molecule has 0 spiro atoms. The molecule has 9 heteroatoms. The smallest absolute Gasteiger partial charge is 0.222 e. The monoisotopic (exact) mass is 407 g/mol. The maximum atomic E-state index is 13.6. The van der Waals surface area contributed by atoms with E-state index in [0.29, 0.717) is 45.1 Å². The van der Waals surface area contributed by atoms with Crippen LogP contribution in [0.2, 0.25) is 0 Å². The molecule has 0 unspecified atom stereocenters. The van der Waals surface area contributed by atoms with Gasteiger partial charge in [-0.15, -0.1) is 0 Å². The van der Waals surface area contributed by atoms with Gasteiger partial charge in [0.1, 0.15) is 11.6 Å². The second-order valence-corrected chi connectivity index (χ2v) is 7.38. The van der Waals surface area contributed by atoms with Gasteiger partial charge in [-0.25, -0.2) is 4.39 Å². The number of likely N-dealkylation sites (tertiary alicyclic amines) is 1. The molecule has 160 valence electrons. The molecule has 1 aromatic rings. The lowest BCUT2D eigenvalue weighted by Crippen LogP contribution is -2.51. The van der Waals surface area contributed by atoms with Crippen LogP contribution in [0.25, 0.3) is 0 Å². The topological polar surface area (TPSA) is 91.6 Å². The van der Waals surface area contributed by atoms with Gasteiger partial charge in [0.05, 0.1) is 12.3 Å². The first-order valence-corrected chi connectivity index (χ1v) is 10.2. The average Bonchev–Trinajstić information content (AvgIpc) is 3.12. The summed E-state index contributed by atoms with van der Waals surface area (Å²) in [5, 5.41) is 22.2. The number of nitrogens with one attached hydrogen (secondary N) is 1. The van der Waals surface area contributed by atoms with Crippen LogP contribution in [0, 0.1) is 5.82 Å². The molecular formula is C20H30FN5O3. The first kappa shape index (κ1) is 21.3. The highest BCUT2D eigenvalue weighted by Gasteiger charge is 2.21. The fourth-order valence-electron chi connectivity index (χ4n) is 3.66. The first-order chi connectivity index (χ1) is 14.1. The number of halogens is 1. The predicted molar refractivity (Wildman–Crippen MR) is 110 cm³/mol. The van der Waals surface area contributed by atoms with Crippen LogP contribution in [0.1, 0.15) is 19.3 Å². The molecule has 0 radical (unpaired) electrons. The van der Waals surface area contributed by atoms with Gasteiger partial charge in [0.2, 0.25) is 5.91 Å². The molecule has 2 aliphatic heterocycles. The highest BCUT2D eigenvalue weighted by molar-refractivity contribution is 5.95. The number of benzene rings is 1. The summed E-state index contributed by atoms with van der Waals surface area (Å²) in [6.07, 6.45) is 2.30. The van der Waals surface area contributed by atoms with Crippen LogP contribution >= 0.6 is 0 Å². The van der Waals surface area contributed by atoms with Gasteiger partial charge in [-0.1, -0.05) is 0 Å². The summed E-state index contributed by atoms with van der Waals surface area (Å²) in [5.74, 6) is 0.310. The van der Waals surface area contributed by atoms with Crippen LogP contribution in [0.4, 0.5) is 10.1 Å². The number of guanidine groups is 1. The molecule has 1 aromatic carbocycles. The third-order valence-corrected chi connectivity index (χ3v) is 5.31. The second-order valence-electron chi connectivity index (χ2n) is 7.38. The molecule has 0 saturated carbocycles. The summed E-state index contributed by atoms with van der Waals surface area (Å²) in [5.41, 5.74) is 0.274. The zero-order valence-electron chi connectivity index (χ0n) is 16.7. The maximum Gasteiger partial charge on any atom is 0.222 e. The highest BCUT2D eigenvalue weighted by Crippen LogP contribution is 2.24. The van der Waals surface area contributed by atoms with Crippen molar-refractivity contribution in [1.29, 1.82) is 0 Å². The minimum Gasteiger partial charge on any atom is -0.506 e. The Hall–Kier alpha value is -2.39. The van der Waals surface area contributed by atoms with Crippen molar-refractivity contribution in [2.45, 2.75) is 19.3 Å². The van der Waals surface area contributed by atoms with Crippen LogP contribution in [-0.2, 0) is 4.79 Å². The Bertz CT molecular complexity index is 722. The number of anilines is 1. The summed E-state index contributed by atoms with van der Waals surface area (Å²) >= 11 is 0. The van der Waals surface area contributed by atoms with Gasteiger partial charge in [0.25, 0.3) is 0 Å². The van der Waals surface area contributed by atoms with E-state index in [4.69, 9.17) is 5.11 Å². The Morgan fingerprint density at radius 1 is 1.17 bits per heavy atom. The molecule has 3 rings (SSSR count). The van der Waals surface area contributed by atoms with Gasteiger partial charge >= 0.3 is 0 Å². The lowest BCUT2D eigenvalue weighted by atomic mass is 10.2. The van der Waals surface area contributed by atoms with E-state index in [1.54, 1.807) is 0 Å². The zero-order valence-corrected chi connectivity index (χ0v) is 16.7. The Morgan fingerprint density at radius 2 is 1.97 bits per heavy atom. The van der Waals surface area contributed by atoms with E-state index in [-0.39, 0.29) is 24.0 Å². The third-order valence-electron chi connectivity index (χ3n) is 5.31. The first-order valence-electron chi connectivity index (χ1n) is 10.2. The van der Waals surface area contributed by atoms with Crippen molar-refractivity contribution in [2.75, 3.05) is 64.3 Å². The number of hydrogen-bond acceptors (Lipinski definition) is 5. The fourth-order valence-corrected chi connectivity index (χ4v) is 3.66. The van der Waals surface area contributed by atoms with E-state index in [1.807, 2.05) is 4.90 Å². The van der Waals surface area contributed by atoms with E-state index in [2.05, 4.69) is 20.1 Å². The SMILES string of the molecule is O=C1CCCN1CCCN=C(Nc1cc(F)ccc1O)N1CCN(CCO)CC1. The lowest BCUT2D eigenvalue weighted by Gasteiger charge is -2.36. The van der Waals surface area contributed by atoms with Crippen molar-refractivity contribution < 1.29 is 19.4 Å². The number of aromatic hydroxyl groups is 1. The van der Waals surface area contributed by atoms with Crippen molar-refractivity contribution in [3.63, 3.8) is 0 Å². The maximum absolute atomic E-state index is 13.6. The molecular weight excluding hydrogens is 377 g/mol. The Labute approximate surface area is 170 Å². The number of piperazine rings is 1. The second kappa shape index (κ2) is 10.4. The molecule has 2 saturated heterocycles. The lowest BCUT2D eigenvalue weighted by molar-refractivity contribution is -0.127. The van der Waals surface area contributed by atoms with E-state index in [1.165, 1.54) is 18.2 Å². The summed E-state index contributed by atoms with van der Waals surface area (Å²) in [4.78, 5) is 22.5. The Kier molecular flexibility index (Phi) is 7.65. The van der Waals surface area contributed by atoms with Gasteiger partial charge in [0, 0.05) is 64.8 Å². The number of phenols is 1. The van der Waals surface area contributed by atoms with E-state index >= 15 is 0 Å².